The SMILES string of the molecule is CN=C(NCCCc1nnc2n1CCCCC2)NCCc1ccc(C(C)(C)C)cc1. The first-order valence-corrected chi connectivity index (χ1v) is 11.4. The van der Waals surface area contributed by atoms with Gasteiger partial charge in [0.05, 0.1) is 0 Å². The van der Waals surface area contributed by atoms with Crippen LogP contribution in [-0.4, -0.2) is 40.9 Å². The van der Waals surface area contributed by atoms with Crippen LogP contribution in [0.2, 0.25) is 0 Å². The minimum Gasteiger partial charge on any atom is -0.356 e. The summed E-state index contributed by atoms with van der Waals surface area (Å²) in [5, 5.41) is 15.7. The van der Waals surface area contributed by atoms with Crippen LogP contribution in [0, 0.1) is 0 Å². The number of aryl methyl sites for hydroxylation is 2. The fourth-order valence-corrected chi connectivity index (χ4v) is 3.90. The highest BCUT2D eigenvalue weighted by Crippen LogP contribution is 2.22. The molecule has 0 saturated carbocycles. The Morgan fingerprint density at radius 2 is 1.77 bits per heavy atom. The first kappa shape index (κ1) is 22.3. The van der Waals surface area contributed by atoms with Gasteiger partial charge in [0.2, 0.25) is 0 Å². The molecule has 1 aromatic heterocycles. The van der Waals surface area contributed by atoms with Crippen LogP contribution < -0.4 is 10.6 Å². The number of aliphatic imine (C=N–C) groups is 1. The van der Waals surface area contributed by atoms with Crippen molar-refractivity contribution in [3.63, 3.8) is 0 Å². The third-order valence-corrected chi connectivity index (χ3v) is 5.81. The van der Waals surface area contributed by atoms with Crippen molar-refractivity contribution in [3.8, 4) is 0 Å². The zero-order valence-corrected chi connectivity index (χ0v) is 19.2. The number of aromatic nitrogens is 3. The molecule has 0 fully saturated rings. The van der Waals surface area contributed by atoms with Crippen LogP contribution in [0.4, 0.5) is 0 Å². The molecule has 1 aliphatic heterocycles. The van der Waals surface area contributed by atoms with E-state index in [1.54, 1.807) is 0 Å². The number of benzene rings is 1. The highest BCUT2D eigenvalue weighted by molar-refractivity contribution is 5.79. The second kappa shape index (κ2) is 10.6. The lowest BCUT2D eigenvalue weighted by molar-refractivity contribution is 0.590. The summed E-state index contributed by atoms with van der Waals surface area (Å²) in [6.45, 7) is 9.56. The Morgan fingerprint density at radius 3 is 2.50 bits per heavy atom. The van der Waals surface area contributed by atoms with Gasteiger partial charge in [-0.1, -0.05) is 51.5 Å². The highest BCUT2D eigenvalue weighted by atomic mass is 15.3. The summed E-state index contributed by atoms with van der Waals surface area (Å²) >= 11 is 0. The third kappa shape index (κ3) is 6.31. The number of hydrogen-bond donors (Lipinski definition) is 2. The standard InChI is InChI=1S/C24H38N6/c1-24(2,3)20-13-11-19(12-14-20)15-17-27-23(25-4)26-16-8-10-22-29-28-21-9-6-5-7-18-30(21)22/h11-14H,5-10,15-18H2,1-4H3,(H2,25,26,27). The molecule has 0 radical (unpaired) electrons. The number of fused-ring (bicyclic) bond motifs is 1. The Morgan fingerprint density at radius 1 is 1.00 bits per heavy atom. The molecule has 3 rings (SSSR count). The predicted molar refractivity (Wildman–Crippen MR) is 124 cm³/mol. The Bertz CT molecular complexity index is 813. The maximum absolute atomic E-state index is 4.42. The quantitative estimate of drug-likeness (QED) is 0.415. The second-order valence-corrected chi connectivity index (χ2v) is 9.22. The third-order valence-electron chi connectivity index (χ3n) is 5.81. The molecular weight excluding hydrogens is 372 g/mol. The molecule has 164 valence electrons. The van der Waals surface area contributed by atoms with E-state index in [1.807, 2.05) is 7.05 Å². The van der Waals surface area contributed by atoms with Gasteiger partial charge in [-0.15, -0.1) is 10.2 Å². The zero-order valence-electron chi connectivity index (χ0n) is 19.2. The van der Waals surface area contributed by atoms with Crippen LogP contribution in [0.3, 0.4) is 0 Å². The highest BCUT2D eigenvalue weighted by Gasteiger charge is 2.14. The lowest BCUT2D eigenvalue weighted by Crippen LogP contribution is -2.38. The van der Waals surface area contributed by atoms with Gasteiger partial charge in [0.15, 0.2) is 5.96 Å². The number of guanidine groups is 1. The summed E-state index contributed by atoms with van der Waals surface area (Å²) < 4.78 is 2.34. The molecule has 2 N–H and O–H groups in total. The molecule has 0 saturated heterocycles. The van der Waals surface area contributed by atoms with E-state index in [-0.39, 0.29) is 5.41 Å². The van der Waals surface area contributed by atoms with Gasteiger partial charge in [0.25, 0.3) is 0 Å². The molecule has 2 aromatic rings. The molecule has 0 spiro atoms. The van der Waals surface area contributed by atoms with Gasteiger partial charge in [-0.3, -0.25) is 4.99 Å². The largest absolute Gasteiger partial charge is 0.356 e. The minimum absolute atomic E-state index is 0.202. The van der Waals surface area contributed by atoms with Crippen LogP contribution >= 0.6 is 0 Å². The molecule has 1 aromatic carbocycles. The summed E-state index contributed by atoms with van der Waals surface area (Å²) in [7, 11) is 1.83. The predicted octanol–water partition coefficient (Wildman–Crippen LogP) is 3.64. The Balaban J connectivity index is 1.37. The monoisotopic (exact) mass is 410 g/mol. The smallest absolute Gasteiger partial charge is 0.190 e. The van der Waals surface area contributed by atoms with Crippen molar-refractivity contribution in [3.05, 3.63) is 47.0 Å². The van der Waals surface area contributed by atoms with Crippen molar-refractivity contribution in [1.29, 1.82) is 0 Å². The van der Waals surface area contributed by atoms with E-state index in [1.165, 1.54) is 36.2 Å². The summed E-state index contributed by atoms with van der Waals surface area (Å²) in [6.07, 6.45) is 7.81. The van der Waals surface area contributed by atoms with Crippen molar-refractivity contribution >= 4 is 5.96 Å². The summed E-state index contributed by atoms with van der Waals surface area (Å²) in [5.41, 5.74) is 2.92. The van der Waals surface area contributed by atoms with Gasteiger partial charge in [0, 0.05) is 39.5 Å². The van der Waals surface area contributed by atoms with Crippen molar-refractivity contribution in [2.75, 3.05) is 20.1 Å². The topological polar surface area (TPSA) is 67.1 Å². The maximum atomic E-state index is 4.42. The van der Waals surface area contributed by atoms with E-state index < -0.39 is 0 Å². The minimum atomic E-state index is 0.202. The molecule has 6 nitrogen and oxygen atoms in total. The molecule has 30 heavy (non-hydrogen) atoms. The van der Waals surface area contributed by atoms with Crippen LogP contribution in [-0.2, 0) is 31.2 Å². The van der Waals surface area contributed by atoms with Gasteiger partial charge in [-0.25, -0.2) is 0 Å². The van der Waals surface area contributed by atoms with Crippen LogP contribution in [0.1, 0.15) is 69.2 Å². The van der Waals surface area contributed by atoms with Gasteiger partial charge in [-0.05, 0) is 42.2 Å². The van der Waals surface area contributed by atoms with Gasteiger partial charge in [0.1, 0.15) is 11.6 Å². The first-order valence-electron chi connectivity index (χ1n) is 11.4. The van der Waals surface area contributed by atoms with E-state index in [4.69, 9.17) is 0 Å². The van der Waals surface area contributed by atoms with Crippen molar-refractivity contribution in [2.45, 2.75) is 77.7 Å². The van der Waals surface area contributed by atoms with Gasteiger partial charge < -0.3 is 15.2 Å². The Hall–Kier alpha value is -2.37. The molecular formula is C24H38N6. The molecule has 1 aliphatic rings. The number of nitrogens with zero attached hydrogens (tertiary/aromatic N) is 4. The molecule has 6 heteroatoms. The van der Waals surface area contributed by atoms with E-state index in [9.17, 15) is 0 Å². The molecule has 2 heterocycles. The summed E-state index contributed by atoms with van der Waals surface area (Å²) in [6, 6.07) is 8.96. The fraction of sp³-hybridized carbons (Fsp3) is 0.625. The van der Waals surface area contributed by atoms with E-state index >= 15 is 0 Å². The molecule has 0 amide bonds. The fourth-order valence-electron chi connectivity index (χ4n) is 3.90. The normalized spacial score (nSPS) is 14.9. The average Bonchev–Trinajstić information content (AvgIpc) is 2.95. The number of rotatable bonds is 7. The molecule has 0 unspecified atom stereocenters. The lowest BCUT2D eigenvalue weighted by atomic mass is 9.86. The maximum Gasteiger partial charge on any atom is 0.190 e. The van der Waals surface area contributed by atoms with E-state index in [2.05, 4.69) is 75.4 Å². The van der Waals surface area contributed by atoms with Crippen LogP contribution in [0.15, 0.2) is 29.3 Å². The van der Waals surface area contributed by atoms with Crippen molar-refractivity contribution in [2.24, 2.45) is 4.99 Å². The van der Waals surface area contributed by atoms with E-state index in [0.717, 1.165) is 57.1 Å². The number of hydrogen-bond acceptors (Lipinski definition) is 3. The van der Waals surface area contributed by atoms with Gasteiger partial charge >= 0.3 is 0 Å². The van der Waals surface area contributed by atoms with Gasteiger partial charge in [-0.2, -0.15) is 0 Å². The van der Waals surface area contributed by atoms with Crippen LogP contribution in [0.25, 0.3) is 0 Å². The second-order valence-electron chi connectivity index (χ2n) is 9.22. The molecule has 0 atom stereocenters. The summed E-state index contributed by atoms with van der Waals surface area (Å²) in [5.74, 6) is 3.17. The Kier molecular flexibility index (Phi) is 7.88. The summed E-state index contributed by atoms with van der Waals surface area (Å²) in [4.78, 5) is 4.34. The molecule has 0 bridgehead atoms. The van der Waals surface area contributed by atoms with Crippen LogP contribution in [0.5, 0.6) is 0 Å². The number of nitrogens with one attached hydrogen (secondary N) is 2. The Labute approximate surface area is 181 Å². The van der Waals surface area contributed by atoms with Crippen molar-refractivity contribution in [1.82, 2.24) is 25.4 Å². The average molecular weight is 411 g/mol. The zero-order chi connectivity index (χ0) is 21.4. The lowest BCUT2D eigenvalue weighted by Gasteiger charge is -2.19. The van der Waals surface area contributed by atoms with E-state index in [0.29, 0.717) is 0 Å². The first-order chi connectivity index (χ1) is 14.5. The molecule has 0 aliphatic carbocycles. The van der Waals surface area contributed by atoms with Crippen molar-refractivity contribution < 1.29 is 0 Å².